The van der Waals surface area contributed by atoms with E-state index in [2.05, 4.69) is 0 Å². The quantitative estimate of drug-likeness (QED) is 0.521. The van der Waals surface area contributed by atoms with E-state index in [0.29, 0.717) is 17.0 Å². The highest BCUT2D eigenvalue weighted by Crippen LogP contribution is 2.40. The SMILES string of the molecule is Cc1cc2c(c(=O)n1Cc1ccco1)C(c1ccc([N+](=O)[O-])cc1)C(C#N)=C(N)O2. The minimum absolute atomic E-state index is 0.0712. The molecule has 1 aromatic carbocycles. The van der Waals surface area contributed by atoms with Gasteiger partial charge in [0.25, 0.3) is 11.2 Å². The van der Waals surface area contributed by atoms with Crippen LogP contribution in [0.15, 0.2) is 69.4 Å². The first-order chi connectivity index (χ1) is 14.4. The molecule has 1 unspecified atom stereocenters. The molecule has 1 aliphatic rings. The van der Waals surface area contributed by atoms with Gasteiger partial charge in [-0.15, -0.1) is 0 Å². The Bertz CT molecular complexity index is 1260. The lowest BCUT2D eigenvalue weighted by Gasteiger charge is -2.27. The fourth-order valence-corrected chi connectivity index (χ4v) is 3.56. The molecule has 4 rings (SSSR count). The molecule has 9 nitrogen and oxygen atoms in total. The maximum atomic E-state index is 13.4. The average Bonchev–Trinajstić information content (AvgIpc) is 3.23. The summed E-state index contributed by atoms with van der Waals surface area (Å²) in [6.07, 6.45) is 1.52. The molecule has 0 spiro atoms. The number of hydrogen-bond donors (Lipinski definition) is 1. The number of nitrogens with zero attached hydrogens (tertiary/aromatic N) is 3. The second kappa shape index (κ2) is 7.25. The minimum Gasteiger partial charge on any atom is -0.467 e. The molecule has 0 fully saturated rings. The maximum Gasteiger partial charge on any atom is 0.269 e. The van der Waals surface area contributed by atoms with Gasteiger partial charge in [0.1, 0.15) is 23.2 Å². The molecule has 3 heterocycles. The van der Waals surface area contributed by atoms with Crippen molar-refractivity contribution in [2.24, 2.45) is 5.73 Å². The average molecular weight is 404 g/mol. The summed E-state index contributed by atoms with van der Waals surface area (Å²) in [7, 11) is 0. The lowest BCUT2D eigenvalue weighted by molar-refractivity contribution is -0.384. The van der Waals surface area contributed by atoms with E-state index in [4.69, 9.17) is 14.9 Å². The number of fused-ring (bicyclic) bond motifs is 1. The lowest BCUT2D eigenvalue weighted by atomic mass is 9.84. The molecule has 2 aromatic heterocycles. The van der Waals surface area contributed by atoms with Gasteiger partial charge in [0.05, 0.1) is 29.2 Å². The highest BCUT2D eigenvalue weighted by atomic mass is 16.6. The number of allylic oxidation sites excluding steroid dienone is 1. The normalized spacial score (nSPS) is 15.3. The summed E-state index contributed by atoms with van der Waals surface area (Å²) in [5.74, 6) is -0.0567. The Morgan fingerprint density at radius 2 is 2.03 bits per heavy atom. The summed E-state index contributed by atoms with van der Waals surface area (Å²) in [4.78, 5) is 23.9. The van der Waals surface area contributed by atoms with Gasteiger partial charge in [-0.3, -0.25) is 14.9 Å². The summed E-state index contributed by atoms with van der Waals surface area (Å²) in [6.45, 7) is 1.97. The lowest BCUT2D eigenvalue weighted by Crippen LogP contribution is -2.33. The van der Waals surface area contributed by atoms with Gasteiger partial charge in [-0.05, 0) is 24.6 Å². The van der Waals surface area contributed by atoms with Crippen LogP contribution in [-0.4, -0.2) is 9.49 Å². The molecule has 0 bridgehead atoms. The molecule has 150 valence electrons. The van der Waals surface area contributed by atoms with Crippen LogP contribution >= 0.6 is 0 Å². The van der Waals surface area contributed by atoms with Crippen molar-refractivity contribution in [1.29, 1.82) is 5.26 Å². The number of furan rings is 1. The first-order valence-corrected chi connectivity index (χ1v) is 8.99. The number of nitriles is 1. The van der Waals surface area contributed by atoms with Crippen molar-refractivity contribution in [1.82, 2.24) is 4.57 Å². The second-order valence-electron chi connectivity index (χ2n) is 6.81. The number of ether oxygens (including phenoxy) is 1. The van der Waals surface area contributed by atoms with Crippen molar-refractivity contribution < 1.29 is 14.1 Å². The van der Waals surface area contributed by atoms with Crippen LogP contribution in [-0.2, 0) is 6.54 Å². The molecular weight excluding hydrogens is 388 g/mol. The Morgan fingerprint density at radius 3 is 2.63 bits per heavy atom. The van der Waals surface area contributed by atoms with Crippen molar-refractivity contribution in [2.45, 2.75) is 19.4 Å². The van der Waals surface area contributed by atoms with E-state index in [1.807, 2.05) is 6.07 Å². The van der Waals surface area contributed by atoms with Crippen molar-refractivity contribution in [3.63, 3.8) is 0 Å². The van der Waals surface area contributed by atoms with E-state index < -0.39 is 10.8 Å². The zero-order chi connectivity index (χ0) is 21.4. The monoisotopic (exact) mass is 404 g/mol. The largest absolute Gasteiger partial charge is 0.467 e. The Labute approximate surface area is 170 Å². The Kier molecular flexibility index (Phi) is 4.60. The highest BCUT2D eigenvalue weighted by molar-refractivity contribution is 5.56. The summed E-state index contributed by atoms with van der Waals surface area (Å²) in [6, 6.07) is 12.9. The van der Waals surface area contributed by atoms with E-state index >= 15 is 0 Å². The molecule has 0 radical (unpaired) electrons. The van der Waals surface area contributed by atoms with Gasteiger partial charge < -0.3 is 19.5 Å². The van der Waals surface area contributed by atoms with Crippen LogP contribution in [0.25, 0.3) is 0 Å². The van der Waals surface area contributed by atoms with Crippen LogP contribution < -0.4 is 16.0 Å². The van der Waals surface area contributed by atoms with Gasteiger partial charge in [0, 0.05) is 23.9 Å². The number of pyridine rings is 1. The fraction of sp³-hybridized carbons (Fsp3) is 0.143. The van der Waals surface area contributed by atoms with Crippen LogP contribution in [0, 0.1) is 28.4 Å². The van der Waals surface area contributed by atoms with Gasteiger partial charge in [-0.1, -0.05) is 12.1 Å². The van der Waals surface area contributed by atoms with Gasteiger partial charge in [-0.25, -0.2) is 0 Å². The van der Waals surface area contributed by atoms with Crippen molar-refractivity contribution >= 4 is 5.69 Å². The predicted molar refractivity (Wildman–Crippen MR) is 106 cm³/mol. The summed E-state index contributed by atoms with van der Waals surface area (Å²) in [5.41, 5.74) is 6.98. The predicted octanol–water partition coefficient (Wildman–Crippen LogP) is 2.92. The number of aryl methyl sites for hydroxylation is 1. The molecule has 30 heavy (non-hydrogen) atoms. The van der Waals surface area contributed by atoms with Gasteiger partial charge >= 0.3 is 0 Å². The van der Waals surface area contributed by atoms with Crippen LogP contribution in [0.5, 0.6) is 5.75 Å². The molecule has 1 atom stereocenters. The zero-order valence-electron chi connectivity index (χ0n) is 15.9. The topological polar surface area (TPSA) is 137 Å². The molecule has 2 N–H and O–H groups in total. The Hall–Kier alpha value is -4.32. The van der Waals surface area contributed by atoms with Crippen LogP contribution in [0.3, 0.4) is 0 Å². The molecule has 9 heteroatoms. The number of nitrogens with two attached hydrogens (primary N) is 1. The van der Waals surface area contributed by atoms with Gasteiger partial charge in [0.2, 0.25) is 5.88 Å². The summed E-state index contributed by atoms with van der Waals surface area (Å²) in [5, 5.41) is 20.7. The Balaban J connectivity index is 1.91. The van der Waals surface area contributed by atoms with Gasteiger partial charge in [-0.2, -0.15) is 5.26 Å². The number of hydrogen-bond acceptors (Lipinski definition) is 7. The van der Waals surface area contributed by atoms with E-state index in [9.17, 15) is 20.2 Å². The summed E-state index contributed by atoms with van der Waals surface area (Å²) >= 11 is 0. The summed E-state index contributed by atoms with van der Waals surface area (Å²) < 4.78 is 12.5. The fourth-order valence-electron chi connectivity index (χ4n) is 3.56. The van der Waals surface area contributed by atoms with Crippen LogP contribution in [0.4, 0.5) is 5.69 Å². The van der Waals surface area contributed by atoms with E-state index in [0.717, 1.165) is 0 Å². The number of benzene rings is 1. The van der Waals surface area contributed by atoms with Crippen molar-refractivity contribution in [3.05, 3.63) is 103 Å². The Morgan fingerprint density at radius 1 is 1.30 bits per heavy atom. The first kappa shape index (κ1) is 19.0. The van der Waals surface area contributed by atoms with Crippen molar-refractivity contribution in [3.8, 4) is 11.8 Å². The third kappa shape index (κ3) is 3.10. The van der Waals surface area contributed by atoms with E-state index in [1.165, 1.54) is 35.1 Å². The molecule has 1 aliphatic heterocycles. The smallest absolute Gasteiger partial charge is 0.269 e. The van der Waals surface area contributed by atoms with Crippen molar-refractivity contribution in [2.75, 3.05) is 0 Å². The standard InChI is InChI=1S/C21H16N4O5/c1-12-9-17-19(21(26)24(12)11-15-3-2-8-29-15)18(16(10-22)20(23)30-17)13-4-6-14(7-5-13)25(27)28/h2-9,18H,11,23H2,1H3. The number of aromatic nitrogens is 1. The second-order valence-corrected chi connectivity index (χ2v) is 6.81. The number of rotatable bonds is 4. The molecular formula is C21H16N4O5. The number of nitro benzene ring substituents is 1. The zero-order valence-corrected chi connectivity index (χ0v) is 15.9. The van der Waals surface area contributed by atoms with Gasteiger partial charge in [0.15, 0.2) is 0 Å². The maximum absolute atomic E-state index is 13.4. The van der Waals surface area contributed by atoms with E-state index in [1.54, 1.807) is 25.1 Å². The molecule has 0 amide bonds. The minimum atomic E-state index is -0.810. The highest BCUT2D eigenvalue weighted by Gasteiger charge is 2.34. The third-order valence-corrected chi connectivity index (χ3v) is 5.02. The van der Waals surface area contributed by atoms with Crippen LogP contribution in [0.1, 0.15) is 28.5 Å². The number of non-ortho nitro benzene ring substituents is 1. The molecule has 0 aliphatic carbocycles. The number of nitro groups is 1. The molecule has 3 aromatic rings. The van der Waals surface area contributed by atoms with E-state index in [-0.39, 0.29) is 40.6 Å². The molecule has 0 saturated carbocycles. The first-order valence-electron chi connectivity index (χ1n) is 8.99. The molecule has 0 saturated heterocycles. The van der Waals surface area contributed by atoms with Crippen LogP contribution in [0.2, 0.25) is 0 Å². The third-order valence-electron chi connectivity index (χ3n) is 5.02.